The zero-order chi connectivity index (χ0) is 18.2. The lowest BCUT2D eigenvalue weighted by molar-refractivity contribution is -0.126. The molecule has 1 aliphatic heterocycles. The van der Waals surface area contributed by atoms with Crippen LogP contribution in [0.5, 0.6) is 0 Å². The molecule has 0 bridgehead atoms. The Kier molecular flexibility index (Phi) is 7.06. The van der Waals surface area contributed by atoms with Crippen molar-refractivity contribution in [1.29, 1.82) is 0 Å². The number of rotatable bonds is 7. The summed E-state index contributed by atoms with van der Waals surface area (Å²) in [6.07, 6.45) is 8.81. The van der Waals surface area contributed by atoms with E-state index in [1.165, 1.54) is 25.7 Å². The van der Waals surface area contributed by atoms with Crippen molar-refractivity contribution in [1.82, 2.24) is 10.2 Å². The molecule has 0 radical (unpaired) electrons. The van der Waals surface area contributed by atoms with E-state index in [9.17, 15) is 9.59 Å². The molecule has 0 spiro atoms. The molecular weight excluding hydrogens is 328 g/mol. The van der Waals surface area contributed by atoms with Gasteiger partial charge in [-0.3, -0.25) is 9.59 Å². The molecule has 1 saturated carbocycles. The van der Waals surface area contributed by atoms with Crippen molar-refractivity contribution >= 4 is 11.8 Å². The Morgan fingerprint density at radius 3 is 2.54 bits per heavy atom. The van der Waals surface area contributed by atoms with Gasteiger partial charge in [-0.1, -0.05) is 31.0 Å². The van der Waals surface area contributed by atoms with Gasteiger partial charge >= 0.3 is 0 Å². The van der Waals surface area contributed by atoms with Crippen LogP contribution in [0.1, 0.15) is 61.7 Å². The van der Waals surface area contributed by atoms with Crippen molar-refractivity contribution in [3.8, 4) is 0 Å². The molecule has 1 heterocycles. The summed E-state index contributed by atoms with van der Waals surface area (Å²) in [7, 11) is 0. The monoisotopic (exact) mass is 358 g/mol. The molecule has 5 nitrogen and oxygen atoms in total. The van der Waals surface area contributed by atoms with E-state index in [2.05, 4.69) is 5.32 Å². The third-order valence-corrected chi connectivity index (χ3v) is 5.36. The van der Waals surface area contributed by atoms with Gasteiger partial charge in [0.2, 0.25) is 5.91 Å². The fourth-order valence-electron chi connectivity index (χ4n) is 3.90. The molecule has 2 amide bonds. The number of nitrogens with zero attached hydrogens (tertiary/aromatic N) is 1. The van der Waals surface area contributed by atoms with Crippen LogP contribution in [0.15, 0.2) is 30.3 Å². The molecule has 1 aromatic rings. The average molecular weight is 358 g/mol. The normalized spacial score (nSPS) is 20.9. The quantitative estimate of drug-likeness (QED) is 0.762. The number of hydrogen-bond donors (Lipinski definition) is 1. The van der Waals surface area contributed by atoms with Crippen molar-refractivity contribution in [2.75, 3.05) is 19.7 Å². The smallest absolute Gasteiger partial charge is 0.254 e. The summed E-state index contributed by atoms with van der Waals surface area (Å²) in [5, 5.41) is 3.00. The van der Waals surface area contributed by atoms with Gasteiger partial charge in [0, 0.05) is 25.3 Å². The van der Waals surface area contributed by atoms with Crippen molar-refractivity contribution < 1.29 is 14.3 Å². The van der Waals surface area contributed by atoms with Crippen LogP contribution >= 0.6 is 0 Å². The van der Waals surface area contributed by atoms with Crippen molar-refractivity contribution in [3.05, 3.63) is 35.9 Å². The Labute approximate surface area is 156 Å². The molecule has 142 valence electrons. The van der Waals surface area contributed by atoms with Crippen molar-refractivity contribution in [2.45, 2.75) is 63.5 Å². The van der Waals surface area contributed by atoms with Gasteiger partial charge in [-0.25, -0.2) is 0 Å². The van der Waals surface area contributed by atoms with Gasteiger partial charge in [-0.15, -0.1) is 0 Å². The first-order valence-electron chi connectivity index (χ1n) is 10.0. The van der Waals surface area contributed by atoms with Gasteiger partial charge in [0.25, 0.3) is 5.91 Å². The first-order chi connectivity index (χ1) is 12.8. The first-order valence-corrected chi connectivity index (χ1v) is 10.0. The topological polar surface area (TPSA) is 58.6 Å². The van der Waals surface area contributed by atoms with Crippen LogP contribution in [0.3, 0.4) is 0 Å². The molecule has 1 aromatic carbocycles. The summed E-state index contributed by atoms with van der Waals surface area (Å²) in [6, 6.07) is 8.88. The number of amides is 2. The summed E-state index contributed by atoms with van der Waals surface area (Å²) in [6.45, 7) is 1.95. The van der Waals surface area contributed by atoms with Gasteiger partial charge in [0.15, 0.2) is 0 Å². The highest BCUT2D eigenvalue weighted by Gasteiger charge is 2.32. The maximum Gasteiger partial charge on any atom is 0.254 e. The van der Waals surface area contributed by atoms with E-state index >= 15 is 0 Å². The van der Waals surface area contributed by atoms with Crippen LogP contribution < -0.4 is 5.32 Å². The largest absolute Gasteiger partial charge is 0.378 e. The minimum Gasteiger partial charge on any atom is -0.378 e. The summed E-state index contributed by atoms with van der Waals surface area (Å²) >= 11 is 0. The van der Waals surface area contributed by atoms with Gasteiger partial charge in [-0.05, 0) is 50.7 Å². The van der Waals surface area contributed by atoms with E-state index in [-0.39, 0.29) is 17.9 Å². The minimum atomic E-state index is -0.354. The highest BCUT2D eigenvalue weighted by Crippen LogP contribution is 2.21. The molecule has 1 unspecified atom stereocenters. The van der Waals surface area contributed by atoms with Crippen LogP contribution in [0, 0.1) is 0 Å². The molecule has 1 aliphatic carbocycles. The lowest BCUT2D eigenvalue weighted by Crippen LogP contribution is -2.52. The second-order valence-electron chi connectivity index (χ2n) is 7.30. The Bertz CT molecular complexity index is 584. The van der Waals surface area contributed by atoms with Crippen LogP contribution in [-0.2, 0) is 9.53 Å². The maximum absolute atomic E-state index is 12.8. The fourth-order valence-corrected chi connectivity index (χ4v) is 3.90. The lowest BCUT2D eigenvalue weighted by Gasteiger charge is -2.34. The molecule has 1 atom stereocenters. The van der Waals surface area contributed by atoms with E-state index in [1.54, 1.807) is 4.90 Å². The van der Waals surface area contributed by atoms with Gasteiger partial charge < -0.3 is 15.0 Å². The molecule has 26 heavy (non-hydrogen) atoms. The number of hydrogen-bond acceptors (Lipinski definition) is 3. The van der Waals surface area contributed by atoms with E-state index in [0.29, 0.717) is 31.4 Å². The summed E-state index contributed by atoms with van der Waals surface area (Å²) < 4.78 is 5.83. The lowest BCUT2D eigenvalue weighted by atomic mass is 10.00. The second-order valence-corrected chi connectivity index (χ2v) is 7.30. The Morgan fingerprint density at radius 1 is 1.04 bits per heavy atom. The van der Waals surface area contributed by atoms with Crippen LogP contribution in [0.2, 0.25) is 0 Å². The number of carbonyl (C=O) groups is 2. The summed E-state index contributed by atoms with van der Waals surface area (Å²) in [5.74, 6) is -0.0788. The van der Waals surface area contributed by atoms with E-state index < -0.39 is 0 Å². The SMILES string of the molecule is O=C(NCCCOC1CCCC1)C1CCCCN1C(=O)c1ccccc1. The van der Waals surface area contributed by atoms with Crippen LogP contribution in [-0.4, -0.2) is 48.6 Å². The fraction of sp³-hybridized carbons (Fsp3) is 0.619. The first kappa shape index (κ1) is 18.9. The van der Waals surface area contributed by atoms with E-state index in [0.717, 1.165) is 25.7 Å². The number of carbonyl (C=O) groups excluding carboxylic acids is 2. The second kappa shape index (κ2) is 9.72. The number of likely N-dealkylation sites (tertiary alicyclic amines) is 1. The predicted molar refractivity (Wildman–Crippen MR) is 101 cm³/mol. The highest BCUT2D eigenvalue weighted by atomic mass is 16.5. The maximum atomic E-state index is 12.8. The number of nitrogens with one attached hydrogen (secondary N) is 1. The third kappa shape index (κ3) is 5.07. The number of piperidine rings is 1. The molecule has 3 rings (SSSR count). The third-order valence-electron chi connectivity index (χ3n) is 5.36. The zero-order valence-corrected chi connectivity index (χ0v) is 15.5. The average Bonchev–Trinajstić information content (AvgIpc) is 3.21. The van der Waals surface area contributed by atoms with Crippen LogP contribution in [0.4, 0.5) is 0 Å². The summed E-state index contributed by atoms with van der Waals surface area (Å²) in [5.41, 5.74) is 0.650. The Hall–Kier alpha value is -1.88. The Morgan fingerprint density at radius 2 is 1.77 bits per heavy atom. The number of ether oxygens (including phenoxy) is 1. The predicted octanol–water partition coefficient (Wildman–Crippen LogP) is 3.15. The van der Waals surface area contributed by atoms with Gasteiger partial charge in [0.1, 0.15) is 6.04 Å². The molecule has 2 fully saturated rings. The van der Waals surface area contributed by atoms with Crippen molar-refractivity contribution in [3.63, 3.8) is 0 Å². The molecule has 2 aliphatic rings. The van der Waals surface area contributed by atoms with Crippen LogP contribution in [0.25, 0.3) is 0 Å². The Balaban J connectivity index is 1.45. The molecule has 5 heteroatoms. The number of benzene rings is 1. The van der Waals surface area contributed by atoms with E-state index in [1.807, 2.05) is 30.3 Å². The van der Waals surface area contributed by atoms with Gasteiger partial charge in [0.05, 0.1) is 6.10 Å². The standard InChI is InChI=1S/C21H30N2O3/c24-20(22-14-8-16-26-18-11-4-5-12-18)19-13-6-7-15-23(19)21(25)17-9-2-1-3-10-17/h1-3,9-10,18-19H,4-8,11-16H2,(H,22,24). The highest BCUT2D eigenvalue weighted by molar-refractivity contribution is 5.97. The zero-order valence-electron chi connectivity index (χ0n) is 15.5. The molecule has 1 N–H and O–H groups in total. The van der Waals surface area contributed by atoms with Crippen molar-refractivity contribution in [2.24, 2.45) is 0 Å². The van der Waals surface area contributed by atoms with E-state index in [4.69, 9.17) is 4.74 Å². The molecule has 0 aromatic heterocycles. The van der Waals surface area contributed by atoms with Gasteiger partial charge in [-0.2, -0.15) is 0 Å². The molecular formula is C21H30N2O3. The molecule has 1 saturated heterocycles. The minimum absolute atomic E-state index is 0.0325. The summed E-state index contributed by atoms with van der Waals surface area (Å²) in [4.78, 5) is 27.1.